The van der Waals surface area contributed by atoms with Crippen LogP contribution in [0.25, 0.3) is 0 Å². The molecule has 0 spiro atoms. The minimum absolute atomic E-state index is 0.186. The topological polar surface area (TPSA) is 66.4 Å². The lowest BCUT2D eigenvalue weighted by Crippen LogP contribution is -2.42. The number of aliphatic carboxylic acids is 1. The maximum atomic E-state index is 12.1. The highest BCUT2D eigenvalue weighted by molar-refractivity contribution is 8.00. The summed E-state index contributed by atoms with van der Waals surface area (Å²) >= 11 is 3.25. The van der Waals surface area contributed by atoms with Crippen molar-refractivity contribution in [2.75, 3.05) is 5.75 Å². The molecule has 4 nitrogen and oxygen atoms in total. The van der Waals surface area contributed by atoms with Crippen molar-refractivity contribution in [2.45, 2.75) is 31.1 Å². The first-order valence-electron chi connectivity index (χ1n) is 5.84. The second kappa shape index (κ2) is 5.75. The van der Waals surface area contributed by atoms with E-state index in [-0.39, 0.29) is 11.2 Å². The minimum atomic E-state index is -0.975. The van der Waals surface area contributed by atoms with E-state index in [0.717, 1.165) is 17.7 Å². The lowest BCUT2D eigenvalue weighted by atomic mass is 10.1. The molecule has 0 fully saturated rings. The van der Waals surface area contributed by atoms with Gasteiger partial charge in [-0.05, 0) is 35.6 Å². The Hall–Kier alpha value is -1.01. The molecule has 0 saturated carbocycles. The Morgan fingerprint density at radius 3 is 3.06 bits per heavy atom. The van der Waals surface area contributed by atoms with Gasteiger partial charge in [-0.2, -0.15) is 0 Å². The van der Waals surface area contributed by atoms with Crippen LogP contribution in [0.5, 0.6) is 0 Å². The van der Waals surface area contributed by atoms with E-state index >= 15 is 0 Å². The number of rotatable bonds is 4. The maximum Gasteiger partial charge on any atom is 0.326 e. The van der Waals surface area contributed by atoms with Crippen LogP contribution in [0.1, 0.15) is 29.0 Å². The van der Waals surface area contributed by atoms with Crippen molar-refractivity contribution in [3.8, 4) is 0 Å². The van der Waals surface area contributed by atoms with Gasteiger partial charge in [-0.1, -0.05) is 6.92 Å². The summed E-state index contributed by atoms with van der Waals surface area (Å²) in [6, 6.07) is 1.18. The molecule has 0 aromatic carbocycles. The standard InChI is InChI=1S/C12H15NO3S2/c1-2-8(12(15)16)13-11(14)10-7-3-5-17-9(7)4-6-18-10/h3,5,8,10H,2,4,6H2,1H3,(H,13,14)(H,15,16). The molecular weight excluding hydrogens is 270 g/mol. The number of hydrogen-bond donors (Lipinski definition) is 2. The van der Waals surface area contributed by atoms with Crippen LogP contribution >= 0.6 is 23.1 Å². The predicted octanol–water partition coefficient (Wildman–Crippen LogP) is 2.06. The van der Waals surface area contributed by atoms with Gasteiger partial charge in [0.15, 0.2) is 0 Å². The zero-order valence-corrected chi connectivity index (χ0v) is 11.6. The van der Waals surface area contributed by atoms with Gasteiger partial charge in [0, 0.05) is 4.88 Å². The number of thioether (sulfide) groups is 1. The summed E-state index contributed by atoms with van der Waals surface area (Å²) in [5, 5.41) is 13.3. The molecule has 2 N–H and O–H groups in total. The molecule has 2 rings (SSSR count). The van der Waals surface area contributed by atoms with Gasteiger partial charge in [0.25, 0.3) is 0 Å². The number of thiophene rings is 1. The molecule has 1 aromatic rings. The zero-order chi connectivity index (χ0) is 13.1. The third-order valence-electron chi connectivity index (χ3n) is 2.94. The third-order valence-corrected chi connectivity index (χ3v) is 5.17. The van der Waals surface area contributed by atoms with Crippen molar-refractivity contribution in [3.05, 3.63) is 21.9 Å². The van der Waals surface area contributed by atoms with Crippen LogP contribution in [-0.2, 0) is 16.0 Å². The van der Waals surface area contributed by atoms with E-state index in [1.807, 2.05) is 11.4 Å². The zero-order valence-electron chi connectivity index (χ0n) is 10.0. The normalized spacial score (nSPS) is 19.9. The molecule has 2 heterocycles. The molecule has 18 heavy (non-hydrogen) atoms. The number of carboxylic acid groups (broad SMARTS) is 1. The highest BCUT2D eigenvalue weighted by Crippen LogP contribution is 2.39. The molecule has 2 unspecified atom stereocenters. The van der Waals surface area contributed by atoms with Crippen LogP contribution in [0, 0.1) is 0 Å². The Morgan fingerprint density at radius 2 is 2.39 bits per heavy atom. The molecule has 0 saturated heterocycles. The SMILES string of the molecule is CCC(NC(=O)C1SCCc2sccc21)C(=O)O. The number of amides is 1. The summed E-state index contributed by atoms with van der Waals surface area (Å²) in [6.45, 7) is 1.75. The van der Waals surface area contributed by atoms with E-state index in [9.17, 15) is 9.59 Å². The Labute approximate surface area is 114 Å². The first-order valence-corrected chi connectivity index (χ1v) is 7.77. The summed E-state index contributed by atoms with van der Waals surface area (Å²) in [4.78, 5) is 24.3. The van der Waals surface area contributed by atoms with Crippen LogP contribution in [0.4, 0.5) is 0 Å². The summed E-state index contributed by atoms with van der Waals surface area (Å²) < 4.78 is 0. The van der Waals surface area contributed by atoms with Gasteiger partial charge in [-0.25, -0.2) is 4.79 Å². The summed E-state index contributed by atoms with van der Waals surface area (Å²) in [5.74, 6) is -0.249. The molecule has 1 aliphatic heterocycles. The number of fused-ring (bicyclic) bond motifs is 1. The molecule has 1 amide bonds. The maximum absolute atomic E-state index is 12.1. The average molecular weight is 285 g/mol. The van der Waals surface area contributed by atoms with Crippen LogP contribution in [0.2, 0.25) is 0 Å². The van der Waals surface area contributed by atoms with Crippen molar-refractivity contribution in [1.82, 2.24) is 5.32 Å². The number of carbonyl (C=O) groups is 2. The van der Waals surface area contributed by atoms with Gasteiger partial charge in [-0.3, -0.25) is 4.79 Å². The summed E-state index contributed by atoms with van der Waals surface area (Å²) in [7, 11) is 0. The first kappa shape index (κ1) is 13.4. The monoisotopic (exact) mass is 285 g/mol. The molecule has 2 atom stereocenters. The van der Waals surface area contributed by atoms with Gasteiger partial charge >= 0.3 is 5.97 Å². The first-order chi connectivity index (χ1) is 8.63. The van der Waals surface area contributed by atoms with Gasteiger partial charge in [0.2, 0.25) is 5.91 Å². The van der Waals surface area contributed by atoms with E-state index in [0.29, 0.717) is 6.42 Å². The Kier molecular flexibility index (Phi) is 4.29. The van der Waals surface area contributed by atoms with Crippen molar-refractivity contribution < 1.29 is 14.7 Å². The fourth-order valence-corrected chi connectivity index (χ4v) is 4.25. The van der Waals surface area contributed by atoms with Crippen molar-refractivity contribution in [1.29, 1.82) is 0 Å². The molecular formula is C12H15NO3S2. The number of aryl methyl sites for hydroxylation is 1. The second-order valence-corrected chi connectivity index (χ2v) is 6.32. The number of hydrogen-bond acceptors (Lipinski definition) is 4. The van der Waals surface area contributed by atoms with Crippen LogP contribution < -0.4 is 5.32 Å². The fraction of sp³-hybridized carbons (Fsp3) is 0.500. The van der Waals surface area contributed by atoms with E-state index in [1.54, 1.807) is 30.0 Å². The number of nitrogens with one attached hydrogen (secondary N) is 1. The number of carbonyl (C=O) groups excluding carboxylic acids is 1. The summed E-state index contributed by atoms with van der Waals surface area (Å²) in [5.41, 5.74) is 1.05. The number of carboxylic acids is 1. The Balaban J connectivity index is 2.09. The largest absolute Gasteiger partial charge is 0.480 e. The molecule has 0 aliphatic carbocycles. The lowest BCUT2D eigenvalue weighted by molar-refractivity contribution is -0.141. The smallest absolute Gasteiger partial charge is 0.326 e. The average Bonchev–Trinajstić information content (AvgIpc) is 2.82. The highest BCUT2D eigenvalue weighted by atomic mass is 32.2. The molecule has 6 heteroatoms. The van der Waals surface area contributed by atoms with Crippen LogP contribution in [0.3, 0.4) is 0 Å². The predicted molar refractivity (Wildman–Crippen MR) is 73.1 cm³/mol. The second-order valence-electron chi connectivity index (χ2n) is 4.11. The van der Waals surface area contributed by atoms with E-state index in [2.05, 4.69) is 5.32 Å². The Morgan fingerprint density at radius 1 is 1.61 bits per heavy atom. The van der Waals surface area contributed by atoms with Crippen LogP contribution in [0.15, 0.2) is 11.4 Å². The van der Waals surface area contributed by atoms with Crippen LogP contribution in [-0.4, -0.2) is 28.8 Å². The van der Waals surface area contributed by atoms with Gasteiger partial charge in [0.05, 0.1) is 0 Å². The van der Waals surface area contributed by atoms with E-state index in [4.69, 9.17) is 5.11 Å². The Bertz CT molecular complexity index is 458. The van der Waals surface area contributed by atoms with Crippen molar-refractivity contribution in [3.63, 3.8) is 0 Å². The van der Waals surface area contributed by atoms with E-state index in [1.165, 1.54) is 4.88 Å². The van der Waals surface area contributed by atoms with Gasteiger partial charge < -0.3 is 10.4 Å². The third kappa shape index (κ3) is 2.70. The molecule has 0 bridgehead atoms. The highest BCUT2D eigenvalue weighted by Gasteiger charge is 2.30. The van der Waals surface area contributed by atoms with Crippen molar-refractivity contribution >= 4 is 35.0 Å². The summed E-state index contributed by atoms with van der Waals surface area (Å²) in [6.07, 6.45) is 1.40. The quantitative estimate of drug-likeness (QED) is 0.888. The van der Waals surface area contributed by atoms with Crippen molar-refractivity contribution in [2.24, 2.45) is 0 Å². The van der Waals surface area contributed by atoms with Gasteiger partial charge in [0.1, 0.15) is 11.3 Å². The lowest BCUT2D eigenvalue weighted by Gasteiger charge is -2.23. The molecule has 98 valence electrons. The fourth-order valence-electron chi connectivity index (χ4n) is 1.95. The minimum Gasteiger partial charge on any atom is -0.480 e. The molecule has 1 aliphatic rings. The molecule has 0 radical (unpaired) electrons. The molecule has 1 aromatic heterocycles. The van der Waals surface area contributed by atoms with Gasteiger partial charge in [-0.15, -0.1) is 23.1 Å². The van der Waals surface area contributed by atoms with E-state index < -0.39 is 12.0 Å².